The van der Waals surface area contributed by atoms with Gasteiger partial charge in [-0.2, -0.15) is 0 Å². The van der Waals surface area contributed by atoms with Crippen LogP contribution in [0.15, 0.2) is 18.2 Å². The molecular formula is C13H15ClN2O3. The molecule has 1 N–H and O–H groups in total. The maximum atomic E-state index is 11.1. The van der Waals surface area contributed by atoms with Crippen LogP contribution >= 0.6 is 11.6 Å². The van der Waals surface area contributed by atoms with Crippen LogP contribution in [0.5, 0.6) is 0 Å². The van der Waals surface area contributed by atoms with Crippen molar-refractivity contribution in [1.82, 2.24) is 0 Å². The van der Waals surface area contributed by atoms with Gasteiger partial charge >= 0.3 is 0 Å². The van der Waals surface area contributed by atoms with Gasteiger partial charge in [-0.25, -0.2) is 0 Å². The average Bonchev–Trinajstić information content (AvgIpc) is 2.91. The molecule has 2 fully saturated rings. The topological polar surface area (TPSA) is 66.6 Å². The van der Waals surface area contributed by atoms with Gasteiger partial charge in [0.1, 0.15) is 5.69 Å². The van der Waals surface area contributed by atoms with Crippen LogP contribution in [0.4, 0.5) is 11.4 Å². The van der Waals surface area contributed by atoms with E-state index in [1.54, 1.807) is 12.1 Å². The Morgan fingerprint density at radius 3 is 2.84 bits per heavy atom. The number of fused-ring (bicyclic) bond motifs is 1. The van der Waals surface area contributed by atoms with E-state index in [1.807, 2.05) is 4.90 Å². The Kier molecular flexibility index (Phi) is 3.11. The Hall–Kier alpha value is -1.33. The minimum absolute atomic E-state index is 0.0435. The van der Waals surface area contributed by atoms with Crippen LogP contribution in [0.25, 0.3) is 0 Å². The number of para-hydroxylation sites is 1. The fourth-order valence-corrected chi connectivity index (χ4v) is 3.67. The fraction of sp³-hybridized carbons (Fsp3) is 0.538. The van der Waals surface area contributed by atoms with Gasteiger partial charge in [0.15, 0.2) is 0 Å². The van der Waals surface area contributed by atoms with Crippen LogP contribution in [0, 0.1) is 22.0 Å². The Bertz CT molecular complexity index is 523. The molecule has 1 aliphatic carbocycles. The summed E-state index contributed by atoms with van der Waals surface area (Å²) in [6, 6.07) is 4.75. The molecule has 0 spiro atoms. The summed E-state index contributed by atoms with van der Waals surface area (Å²) in [5.74, 6) is 0.641. The van der Waals surface area contributed by atoms with E-state index >= 15 is 0 Å². The molecule has 102 valence electrons. The Labute approximate surface area is 115 Å². The smallest absolute Gasteiger partial charge is 0.294 e. The maximum absolute atomic E-state index is 11.1. The zero-order valence-electron chi connectivity index (χ0n) is 10.3. The molecule has 1 saturated heterocycles. The second-order valence-electron chi connectivity index (χ2n) is 5.34. The molecule has 0 bridgehead atoms. The van der Waals surface area contributed by atoms with Gasteiger partial charge in [0.05, 0.1) is 16.0 Å². The Balaban J connectivity index is 1.94. The molecule has 6 heteroatoms. The van der Waals surface area contributed by atoms with Crippen molar-refractivity contribution in [1.29, 1.82) is 0 Å². The molecule has 1 saturated carbocycles. The lowest BCUT2D eigenvalue weighted by molar-refractivity contribution is -0.384. The number of rotatable bonds is 2. The first-order valence-corrected chi connectivity index (χ1v) is 6.81. The van der Waals surface area contributed by atoms with E-state index in [4.69, 9.17) is 11.6 Å². The second kappa shape index (κ2) is 4.65. The van der Waals surface area contributed by atoms with Crippen LogP contribution in [0.2, 0.25) is 5.02 Å². The summed E-state index contributed by atoms with van der Waals surface area (Å²) in [6.45, 7) is 1.39. The van der Waals surface area contributed by atoms with Crippen molar-refractivity contribution in [2.45, 2.75) is 18.9 Å². The predicted octanol–water partition coefficient (Wildman–Crippen LogP) is 2.46. The van der Waals surface area contributed by atoms with Gasteiger partial charge in [-0.05, 0) is 24.8 Å². The Morgan fingerprint density at radius 2 is 2.16 bits per heavy atom. The van der Waals surface area contributed by atoms with Crippen molar-refractivity contribution < 1.29 is 10.0 Å². The first-order valence-electron chi connectivity index (χ1n) is 6.44. The third-order valence-corrected chi connectivity index (χ3v) is 4.60. The lowest BCUT2D eigenvalue weighted by Crippen LogP contribution is -2.25. The number of nitro benzene ring substituents is 1. The number of benzene rings is 1. The molecule has 1 aromatic carbocycles. The summed E-state index contributed by atoms with van der Waals surface area (Å²) in [5, 5.41) is 21.4. The van der Waals surface area contributed by atoms with Gasteiger partial charge in [0.2, 0.25) is 0 Å². The van der Waals surface area contributed by atoms with Crippen molar-refractivity contribution in [3.05, 3.63) is 33.3 Å². The van der Waals surface area contributed by atoms with E-state index in [1.165, 1.54) is 6.07 Å². The van der Waals surface area contributed by atoms with E-state index < -0.39 is 4.92 Å². The number of aliphatic hydroxyl groups is 1. The predicted molar refractivity (Wildman–Crippen MR) is 72.5 cm³/mol. The molecule has 0 radical (unpaired) electrons. The molecule has 2 aliphatic rings. The van der Waals surface area contributed by atoms with Gasteiger partial charge in [0, 0.05) is 25.1 Å². The SMILES string of the molecule is O=[N+]([O-])c1cccc(Cl)c1N1CC2CCC(O)C2C1. The lowest BCUT2D eigenvalue weighted by Gasteiger charge is -2.21. The number of anilines is 1. The fourth-order valence-electron chi connectivity index (χ4n) is 3.38. The van der Waals surface area contributed by atoms with Gasteiger partial charge in [-0.1, -0.05) is 17.7 Å². The van der Waals surface area contributed by atoms with Gasteiger partial charge in [0.25, 0.3) is 5.69 Å². The van der Waals surface area contributed by atoms with Crippen molar-refractivity contribution >= 4 is 23.0 Å². The van der Waals surface area contributed by atoms with E-state index in [0.29, 0.717) is 23.2 Å². The average molecular weight is 283 g/mol. The summed E-state index contributed by atoms with van der Waals surface area (Å²) in [6.07, 6.45) is 1.55. The zero-order chi connectivity index (χ0) is 13.6. The van der Waals surface area contributed by atoms with Gasteiger partial charge in [-0.3, -0.25) is 10.1 Å². The molecule has 3 unspecified atom stereocenters. The molecule has 0 aromatic heterocycles. The zero-order valence-corrected chi connectivity index (χ0v) is 11.1. The number of nitrogens with zero attached hydrogens (tertiary/aromatic N) is 2. The van der Waals surface area contributed by atoms with Crippen molar-refractivity contribution in [2.24, 2.45) is 11.8 Å². The van der Waals surface area contributed by atoms with Gasteiger partial charge in [-0.15, -0.1) is 0 Å². The monoisotopic (exact) mass is 282 g/mol. The molecule has 3 rings (SSSR count). The third-order valence-electron chi connectivity index (χ3n) is 4.30. The van der Waals surface area contributed by atoms with E-state index in [-0.39, 0.29) is 17.7 Å². The number of hydrogen-bond donors (Lipinski definition) is 1. The molecule has 0 amide bonds. The number of nitro groups is 1. The lowest BCUT2D eigenvalue weighted by atomic mass is 10.00. The molecular weight excluding hydrogens is 268 g/mol. The van der Waals surface area contributed by atoms with E-state index in [2.05, 4.69) is 0 Å². The van der Waals surface area contributed by atoms with E-state index in [0.717, 1.165) is 19.4 Å². The summed E-state index contributed by atoms with van der Waals surface area (Å²) in [4.78, 5) is 12.7. The summed E-state index contributed by atoms with van der Waals surface area (Å²) in [5.41, 5.74) is 0.540. The highest BCUT2D eigenvalue weighted by Crippen LogP contribution is 2.44. The molecule has 1 aliphatic heterocycles. The normalized spacial score (nSPS) is 29.6. The van der Waals surface area contributed by atoms with Gasteiger partial charge < -0.3 is 10.0 Å². The highest BCUT2D eigenvalue weighted by atomic mass is 35.5. The van der Waals surface area contributed by atoms with E-state index in [9.17, 15) is 15.2 Å². The molecule has 19 heavy (non-hydrogen) atoms. The number of hydrogen-bond acceptors (Lipinski definition) is 4. The second-order valence-corrected chi connectivity index (χ2v) is 5.75. The molecule has 1 heterocycles. The first-order chi connectivity index (χ1) is 9.08. The maximum Gasteiger partial charge on any atom is 0.294 e. The summed E-state index contributed by atoms with van der Waals surface area (Å²) >= 11 is 6.14. The van der Waals surface area contributed by atoms with Crippen molar-refractivity contribution in [2.75, 3.05) is 18.0 Å². The first kappa shape index (κ1) is 12.7. The van der Waals surface area contributed by atoms with Crippen LogP contribution in [-0.2, 0) is 0 Å². The molecule has 5 nitrogen and oxygen atoms in total. The largest absolute Gasteiger partial charge is 0.393 e. The number of aliphatic hydroxyl groups excluding tert-OH is 1. The minimum atomic E-state index is -0.397. The molecule has 3 atom stereocenters. The van der Waals surface area contributed by atoms with Crippen LogP contribution in [0.3, 0.4) is 0 Å². The van der Waals surface area contributed by atoms with Crippen LogP contribution in [0.1, 0.15) is 12.8 Å². The third kappa shape index (κ3) is 2.07. The highest BCUT2D eigenvalue weighted by molar-refractivity contribution is 6.33. The Morgan fingerprint density at radius 1 is 1.37 bits per heavy atom. The summed E-state index contributed by atoms with van der Waals surface area (Å²) in [7, 11) is 0. The standard InChI is InChI=1S/C13H15ClN2O3/c14-10-2-1-3-11(16(18)19)13(10)15-6-8-4-5-12(17)9(8)7-15/h1-3,8-9,12,17H,4-7H2. The number of halogens is 1. The van der Waals surface area contributed by atoms with Crippen molar-refractivity contribution in [3.8, 4) is 0 Å². The van der Waals surface area contributed by atoms with Crippen molar-refractivity contribution in [3.63, 3.8) is 0 Å². The summed E-state index contributed by atoms with van der Waals surface area (Å²) < 4.78 is 0. The highest BCUT2D eigenvalue weighted by Gasteiger charge is 2.43. The van der Waals surface area contributed by atoms with Crippen LogP contribution < -0.4 is 4.90 Å². The molecule has 1 aromatic rings. The quantitative estimate of drug-likeness (QED) is 0.668. The van der Waals surface area contributed by atoms with Crippen LogP contribution in [-0.4, -0.2) is 29.2 Å². The minimum Gasteiger partial charge on any atom is -0.393 e.